The molecule has 5 nitrogen and oxygen atoms in total. The number of nitrogens with one attached hydrogen (secondary N) is 1. The number of sulfonamides is 1. The van der Waals surface area contributed by atoms with Crippen LogP contribution in [0.2, 0.25) is 0 Å². The van der Waals surface area contributed by atoms with Crippen molar-refractivity contribution in [1.82, 2.24) is 5.32 Å². The molecular formula is C10H13BrN2O3S. The summed E-state index contributed by atoms with van der Waals surface area (Å²) < 4.78 is 23.2. The first-order valence-corrected chi connectivity index (χ1v) is 7.22. The molecule has 0 fully saturated rings. The van der Waals surface area contributed by atoms with Gasteiger partial charge in [-0.2, -0.15) is 0 Å². The van der Waals surface area contributed by atoms with E-state index in [-0.39, 0.29) is 10.8 Å². The summed E-state index contributed by atoms with van der Waals surface area (Å²) in [7, 11) is -3.84. The van der Waals surface area contributed by atoms with E-state index in [1.165, 1.54) is 6.07 Å². The molecular weight excluding hydrogens is 308 g/mol. The zero-order chi connectivity index (χ0) is 13.2. The zero-order valence-electron chi connectivity index (χ0n) is 9.45. The van der Waals surface area contributed by atoms with Crippen molar-refractivity contribution < 1.29 is 13.2 Å². The minimum absolute atomic E-state index is 0.0480. The van der Waals surface area contributed by atoms with Gasteiger partial charge in [0, 0.05) is 16.6 Å². The van der Waals surface area contributed by atoms with Gasteiger partial charge in [0.05, 0.1) is 4.90 Å². The Morgan fingerprint density at radius 1 is 1.47 bits per heavy atom. The molecule has 0 saturated carbocycles. The van der Waals surface area contributed by atoms with E-state index in [0.717, 1.165) is 0 Å². The van der Waals surface area contributed by atoms with Crippen LogP contribution in [0, 0.1) is 6.92 Å². The van der Waals surface area contributed by atoms with Gasteiger partial charge in [0.1, 0.15) is 0 Å². The van der Waals surface area contributed by atoms with E-state index >= 15 is 0 Å². The van der Waals surface area contributed by atoms with Crippen LogP contribution in [-0.4, -0.2) is 20.9 Å². The number of amides is 1. The predicted octanol–water partition coefficient (Wildman–Crippen LogP) is 1.15. The molecule has 0 atom stereocenters. The molecule has 0 saturated heterocycles. The summed E-state index contributed by atoms with van der Waals surface area (Å²) >= 11 is 3.16. The van der Waals surface area contributed by atoms with Gasteiger partial charge < -0.3 is 5.32 Å². The maximum absolute atomic E-state index is 11.7. The summed E-state index contributed by atoms with van der Waals surface area (Å²) in [5, 5.41) is 7.70. The number of primary sulfonamides is 1. The fourth-order valence-corrected chi connectivity index (χ4v) is 2.88. The van der Waals surface area contributed by atoms with E-state index in [1.54, 1.807) is 19.9 Å². The first-order chi connectivity index (χ1) is 7.77. The largest absolute Gasteiger partial charge is 0.352 e. The highest BCUT2D eigenvalue weighted by atomic mass is 79.9. The summed E-state index contributed by atoms with van der Waals surface area (Å²) in [6.07, 6.45) is 0. The highest BCUT2D eigenvalue weighted by molar-refractivity contribution is 9.10. The van der Waals surface area contributed by atoms with E-state index in [1.807, 2.05) is 0 Å². The Kier molecular flexibility index (Phi) is 4.29. The number of carbonyl (C=O) groups excluding carboxylic acids is 1. The van der Waals surface area contributed by atoms with Gasteiger partial charge in [-0.3, -0.25) is 4.79 Å². The number of halogens is 1. The lowest BCUT2D eigenvalue weighted by Gasteiger charge is -2.10. The van der Waals surface area contributed by atoms with Gasteiger partial charge in [0.2, 0.25) is 10.0 Å². The molecule has 94 valence electrons. The zero-order valence-corrected chi connectivity index (χ0v) is 11.9. The van der Waals surface area contributed by atoms with Crippen molar-refractivity contribution in [2.75, 3.05) is 6.54 Å². The maximum atomic E-state index is 11.7. The van der Waals surface area contributed by atoms with E-state index in [2.05, 4.69) is 21.2 Å². The van der Waals surface area contributed by atoms with Crippen LogP contribution in [0.3, 0.4) is 0 Å². The lowest BCUT2D eigenvalue weighted by Crippen LogP contribution is -2.25. The molecule has 0 aliphatic carbocycles. The van der Waals surface area contributed by atoms with Crippen LogP contribution in [0.5, 0.6) is 0 Å². The number of nitrogens with two attached hydrogens (primary N) is 1. The Hall–Kier alpha value is -0.920. The first-order valence-electron chi connectivity index (χ1n) is 4.88. The van der Waals surface area contributed by atoms with Gasteiger partial charge >= 0.3 is 0 Å². The van der Waals surface area contributed by atoms with Crippen molar-refractivity contribution in [3.63, 3.8) is 0 Å². The molecule has 0 bridgehead atoms. The molecule has 0 heterocycles. The Labute approximate surface area is 109 Å². The molecule has 0 unspecified atom stereocenters. The molecule has 0 aliphatic heterocycles. The average Bonchev–Trinajstić information content (AvgIpc) is 2.19. The normalized spacial score (nSPS) is 11.3. The summed E-state index contributed by atoms with van der Waals surface area (Å²) in [6, 6.07) is 2.95. The van der Waals surface area contributed by atoms with Gasteiger partial charge in [-0.25, -0.2) is 13.6 Å². The van der Waals surface area contributed by atoms with Crippen molar-refractivity contribution in [3.05, 3.63) is 27.7 Å². The van der Waals surface area contributed by atoms with Crippen LogP contribution in [0.25, 0.3) is 0 Å². The minimum Gasteiger partial charge on any atom is -0.352 e. The highest BCUT2D eigenvalue weighted by Gasteiger charge is 2.18. The Morgan fingerprint density at radius 3 is 2.53 bits per heavy atom. The standard InChI is InChI=1S/C10H13BrN2O3S/c1-3-13-10(14)8-4-7(11)5-9(6(8)2)17(12,15)16/h4-5H,3H2,1-2H3,(H,13,14)(H2,12,15,16). The molecule has 1 rings (SSSR count). The summed E-state index contributed by atoms with van der Waals surface area (Å²) in [5.74, 6) is -0.323. The van der Waals surface area contributed by atoms with Crippen molar-refractivity contribution >= 4 is 31.9 Å². The minimum atomic E-state index is -3.84. The molecule has 0 spiro atoms. The second-order valence-electron chi connectivity index (χ2n) is 3.48. The van der Waals surface area contributed by atoms with Gasteiger partial charge in [0.25, 0.3) is 5.91 Å². The summed E-state index contributed by atoms with van der Waals surface area (Å²) in [5.41, 5.74) is 0.645. The molecule has 0 aromatic heterocycles. The van der Waals surface area contributed by atoms with Gasteiger partial charge in [0.15, 0.2) is 0 Å². The fourth-order valence-electron chi connectivity index (χ4n) is 1.44. The van der Waals surface area contributed by atoms with Crippen molar-refractivity contribution in [2.24, 2.45) is 5.14 Å². The average molecular weight is 321 g/mol. The van der Waals surface area contributed by atoms with Crippen LogP contribution in [0.15, 0.2) is 21.5 Å². The quantitative estimate of drug-likeness (QED) is 0.875. The summed E-state index contributed by atoms with van der Waals surface area (Å²) in [4.78, 5) is 11.7. The molecule has 1 amide bonds. The molecule has 0 aliphatic rings. The lowest BCUT2D eigenvalue weighted by molar-refractivity contribution is 0.0955. The number of rotatable bonds is 3. The van der Waals surface area contributed by atoms with E-state index in [9.17, 15) is 13.2 Å². The second kappa shape index (κ2) is 5.16. The van der Waals surface area contributed by atoms with Crippen LogP contribution in [0.4, 0.5) is 0 Å². The van der Waals surface area contributed by atoms with E-state index in [4.69, 9.17) is 5.14 Å². The van der Waals surface area contributed by atoms with E-state index in [0.29, 0.717) is 22.1 Å². The topological polar surface area (TPSA) is 89.3 Å². The number of hydrogen-bond acceptors (Lipinski definition) is 3. The molecule has 17 heavy (non-hydrogen) atoms. The predicted molar refractivity (Wildman–Crippen MR) is 68.3 cm³/mol. The van der Waals surface area contributed by atoms with Crippen LogP contribution < -0.4 is 10.5 Å². The monoisotopic (exact) mass is 320 g/mol. The Bertz CT molecular complexity index is 555. The molecule has 1 aromatic rings. The van der Waals surface area contributed by atoms with Crippen LogP contribution >= 0.6 is 15.9 Å². The van der Waals surface area contributed by atoms with Crippen molar-refractivity contribution in [1.29, 1.82) is 0 Å². The number of hydrogen-bond donors (Lipinski definition) is 2. The van der Waals surface area contributed by atoms with Crippen molar-refractivity contribution in [3.8, 4) is 0 Å². The van der Waals surface area contributed by atoms with Crippen LogP contribution in [-0.2, 0) is 10.0 Å². The van der Waals surface area contributed by atoms with Crippen molar-refractivity contribution in [2.45, 2.75) is 18.7 Å². The number of benzene rings is 1. The molecule has 3 N–H and O–H groups in total. The highest BCUT2D eigenvalue weighted by Crippen LogP contribution is 2.23. The second-order valence-corrected chi connectivity index (χ2v) is 5.93. The Balaban J connectivity index is 3.44. The smallest absolute Gasteiger partial charge is 0.251 e. The van der Waals surface area contributed by atoms with Crippen LogP contribution in [0.1, 0.15) is 22.8 Å². The molecule has 1 aromatic carbocycles. The third kappa shape index (κ3) is 3.27. The van der Waals surface area contributed by atoms with Gasteiger partial charge in [-0.15, -0.1) is 0 Å². The molecule has 7 heteroatoms. The van der Waals surface area contributed by atoms with Gasteiger partial charge in [-0.1, -0.05) is 15.9 Å². The number of carbonyl (C=O) groups is 1. The third-order valence-corrected chi connectivity index (χ3v) is 3.71. The van der Waals surface area contributed by atoms with Gasteiger partial charge in [-0.05, 0) is 31.5 Å². The maximum Gasteiger partial charge on any atom is 0.251 e. The summed E-state index contributed by atoms with van der Waals surface area (Å²) in [6.45, 7) is 3.80. The SMILES string of the molecule is CCNC(=O)c1cc(Br)cc(S(N)(=O)=O)c1C. The first kappa shape index (κ1) is 14.1. The Morgan fingerprint density at radius 2 is 2.06 bits per heavy atom. The van der Waals surface area contributed by atoms with E-state index < -0.39 is 10.0 Å². The fraction of sp³-hybridized carbons (Fsp3) is 0.300. The lowest BCUT2D eigenvalue weighted by atomic mass is 10.1. The third-order valence-electron chi connectivity index (χ3n) is 2.21. The molecule has 0 radical (unpaired) electrons.